The lowest BCUT2D eigenvalue weighted by Gasteiger charge is -2.11. The van der Waals surface area contributed by atoms with E-state index in [4.69, 9.17) is 4.74 Å². The van der Waals surface area contributed by atoms with Gasteiger partial charge in [-0.3, -0.25) is 4.79 Å². The van der Waals surface area contributed by atoms with E-state index < -0.39 is 0 Å². The first-order valence-corrected chi connectivity index (χ1v) is 8.22. The van der Waals surface area contributed by atoms with Crippen LogP contribution in [0.1, 0.15) is 41.5 Å². The van der Waals surface area contributed by atoms with Crippen LogP contribution in [-0.2, 0) is 11.2 Å². The smallest absolute Gasteiger partial charge is 0.232 e. The predicted molar refractivity (Wildman–Crippen MR) is 93.2 cm³/mol. The molecule has 1 atom stereocenters. The Bertz CT molecular complexity index is 719. The van der Waals surface area contributed by atoms with Crippen molar-refractivity contribution < 1.29 is 9.53 Å². The molecule has 0 unspecified atom stereocenters. The van der Waals surface area contributed by atoms with Gasteiger partial charge in [-0.25, -0.2) is 0 Å². The Hall–Kier alpha value is -2.29. The lowest BCUT2D eigenvalue weighted by molar-refractivity contribution is -0.117. The number of anilines is 1. The Morgan fingerprint density at radius 1 is 1.13 bits per heavy atom. The molecular weight excluding hydrogens is 286 g/mol. The molecule has 1 aliphatic rings. The lowest BCUT2D eigenvalue weighted by atomic mass is 9.91. The van der Waals surface area contributed by atoms with Crippen molar-refractivity contribution in [1.29, 1.82) is 0 Å². The standard InChI is InChI=1S/C20H23NO2/c1-4-9-23-16-7-5-15(6-8-16)12-18-17-11-13(2)10-14(3)19(17)21-20(18)22/h5-8,10-11,18H,4,9,12H2,1-3H3,(H,21,22)/t18-/m0/s1. The van der Waals surface area contributed by atoms with Gasteiger partial charge in [0, 0.05) is 5.69 Å². The largest absolute Gasteiger partial charge is 0.494 e. The zero-order valence-electron chi connectivity index (χ0n) is 14.0. The lowest BCUT2D eigenvalue weighted by Crippen LogP contribution is -2.14. The summed E-state index contributed by atoms with van der Waals surface area (Å²) in [6.07, 6.45) is 1.72. The Morgan fingerprint density at radius 3 is 2.57 bits per heavy atom. The van der Waals surface area contributed by atoms with Crippen molar-refractivity contribution in [2.45, 2.75) is 39.5 Å². The topological polar surface area (TPSA) is 38.3 Å². The average Bonchev–Trinajstić information content (AvgIpc) is 2.83. The molecule has 0 saturated carbocycles. The van der Waals surface area contributed by atoms with Gasteiger partial charge < -0.3 is 10.1 Å². The summed E-state index contributed by atoms with van der Waals surface area (Å²) in [7, 11) is 0. The molecule has 3 rings (SSSR count). The third kappa shape index (κ3) is 3.24. The quantitative estimate of drug-likeness (QED) is 0.890. The highest BCUT2D eigenvalue weighted by atomic mass is 16.5. The van der Waals surface area contributed by atoms with Gasteiger partial charge >= 0.3 is 0 Å². The van der Waals surface area contributed by atoms with E-state index >= 15 is 0 Å². The molecule has 1 amide bonds. The summed E-state index contributed by atoms with van der Waals surface area (Å²) in [4.78, 5) is 12.4. The maximum Gasteiger partial charge on any atom is 0.232 e. The van der Waals surface area contributed by atoms with Crippen molar-refractivity contribution in [3.05, 3.63) is 58.7 Å². The Labute approximate surface area is 137 Å². The number of nitrogens with one attached hydrogen (secondary N) is 1. The van der Waals surface area contributed by atoms with Crippen molar-refractivity contribution in [3.8, 4) is 5.75 Å². The highest BCUT2D eigenvalue weighted by Crippen LogP contribution is 2.37. The minimum atomic E-state index is -0.106. The molecule has 3 heteroatoms. The molecule has 0 aliphatic carbocycles. The minimum absolute atomic E-state index is 0.0972. The zero-order chi connectivity index (χ0) is 16.4. The second-order valence-electron chi connectivity index (χ2n) is 6.28. The molecule has 0 fully saturated rings. The summed E-state index contributed by atoms with van der Waals surface area (Å²) in [5, 5.41) is 3.04. The number of hydrogen-bond acceptors (Lipinski definition) is 2. The van der Waals surface area contributed by atoms with Gasteiger partial charge in [-0.2, -0.15) is 0 Å². The predicted octanol–water partition coefficient (Wildman–Crippen LogP) is 4.37. The molecule has 0 spiro atoms. The van der Waals surface area contributed by atoms with E-state index in [1.54, 1.807) is 0 Å². The van der Waals surface area contributed by atoms with Crippen molar-refractivity contribution in [2.24, 2.45) is 0 Å². The van der Waals surface area contributed by atoms with Crippen LogP contribution in [0.25, 0.3) is 0 Å². The number of rotatable bonds is 5. The van der Waals surface area contributed by atoms with Crippen LogP contribution in [0.5, 0.6) is 5.75 Å². The van der Waals surface area contributed by atoms with Gasteiger partial charge in [0.25, 0.3) is 0 Å². The van der Waals surface area contributed by atoms with E-state index in [9.17, 15) is 4.79 Å². The Morgan fingerprint density at radius 2 is 1.87 bits per heavy atom. The molecule has 0 radical (unpaired) electrons. The normalized spacial score (nSPS) is 16.1. The van der Waals surface area contributed by atoms with Crippen LogP contribution in [-0.4, -0.2) is 12.5 Å². The fourth-order valence-corrected chi connectivity index (χ4v) is 3.18. The molecule has 23 heavy (non-hydrogen) atoms. The SMILES string of the molecule is CCCOc1ccc(C[C@@H]2C(=O)Nc3c(C)cc(C)cc32)cc1. The first-order valence-electron chi connectivity index (χ1n) is 8.22. The van der Waals surface area contributed by atoms with E-state index in [-0.39, 0.29) is 11.8 Å². The molecule has 1 N–H and O–H groups in total. The van der Waals surface area contributed by atoms with Gasteiger partial charge in [-0.15, -0.1) is 0 Å². The molecular formula is C20H23NO2. The summed E-state index contributed by atoms with van der Waals surface area (Å²) in [6, 6.07) is 12.3. The number of amides is 1. The number of carbonyl (C=O) groups excluding carboxylic acids is 1. The highest BCUT2D eigenvalue weighted by Gasteiger charge is 2.31. The Balaban J connectivity index is 1.80. The average molecular weight is 309 g/mol. The van der Waals surface area contributed by atoms with Gasteiger partial charge in [0.1, 0.15) is 5.75 Å². The zero-order valence-corrected chi connectivity index (χ0v) is 14.0. The van der Waals surface area contributed by atoms with E-state index in [1.165, 1.54) is 5.56 Å². The van der Waals surface area contributed by atoms with Crippen molar-refractivity contribution in [3.63, 3.8) is 0 Å². The summed E-state index contributed by atoms with van der Waals surface area (Å²) >= 11 is 0. The van der Waals surface area contributed by atoms with Crippen molar-refractivity contribution in [1.82, 2.24) is 0 Å². The van der Waals surface area contributed by atoms with E-state index in [0.29, 0.717) is 0 Å². The van der Waals surface area contributed by atoms with Crippen molar-refractivity contribution >= 4 is 11.6 Å². The van der Waals surface area contributed by atoms with Crippen LogP contribution < -0.4 is 10.1 Å². The molecule has 1 heterocycles. The second kappa shape index (κ2) is 6.45. The molecule has 120 valence electrons. The summed E-state index contributed by atoms with van der Waals surface area (Å²) in [5.74, 6) is 0.879. The highest BCUT2D eigenvalue weighted by molar-refractivity contribution is 6.04. The van der Waals surface area contributed by atoms with Crippen LogP contribution >= 0.6 is 0 Å². The van der Waals surface area contributed by atoms with Crippen LogP contribution in [0.2, 0.25) is 0 Å². The van der Waals surface area contributed by atoms with Gasteiger partial charge in [-0.1, -0.05) is 36.8 Å². The third-order valence-electron chi connectivity index (χ3n) is 4.29. The number of fused-ring (bicyclic) bond motifs is 1. The first kappa shape index (κ1) is 15.6. The number of aryl methyl sites for hydroxylation is 2. The molecule has 0 aromatic heterocycles. The summed E-state index contributed by atoms with van der Waals surface area (Å²) < 4.78 is 5.61. The number of ether oxygens (including phenoxy) is 1. The molecule has 2 aromatic carbocycles. The molecule has 0 saturated heterocycles. The van der Waals surface area contributed by atoms with Crippen LogP contribution in [0.4, 0.5) is 5.69 Å². The molecule has 3 nitrogen and oxygen atoms in total. The van der Waals surface area contributed by atoms with Gasteiger partial charge in [0.05, 0.1) is 12.5 Å². The van der Waals surface area contributed by atoms with Gasteiger partial charge in [-0.05, 0) is 55.5 Å². The second-order valence-corrected chi connectivity index (χ2v) is 6.28. The van der Waals surface area contributed by atoms with Gasteiger partial charge in [0.15, 0.2) is 0 Å². The Kier molecular flexibility index (Phi) is 4.37. The third-order valence-corrected chi connectivity index (χ3v) is 4.29. The number of benzene rings is 2. The molecule has 1 aliphatic heterocycles. The van der Waals surface area contributed by atoms with E-state index in [2.05, 4.69) is 43.4 Å². The molecule has 0 bridgehead atoms. The van der Waals surface area contributed by atoms with Crippen LogP contribution in [0, 0.1) is 13.8 Å². The molecule has 2 aromatic rings. The number of carbonyl (C=O) groups is 1. The fraction of sp³-hybridized carbons (Fsp3) is 0.350. The first-order chi connectivity index (χ1) is 11.1. The van der Waals surface area contributed by atoms with Crippen LogP contribution in [0.15, 0.2) is 36.4 Å². The van der Waals surface area contributed by atoms with Crippen molar-refractivity contribution in [2.75, 3.05) is 11.9 Å². The maximum absolute atomic E-state index is 12.4. The van der Waals surface area contributed by atoms with Gasteiger partial charge in [0.2, 0.25) is 5.91 Å². The van der Waals surface area contributed by atoms with E-state index in [1.807, 2.05) is 19.1 Å². The van der Waals surface area contributed by atoms with Crippen LogP contribution in [0.3, 0.4) is 0 Å². The summed E-state index contributed by atoms with van der Waals surface area (Å²) in [6.45, 7) is 6.95. The fourth-order valence-electron chi connectivity index (χ4n) is 3.18. The van der Waals surface area contributed by atoms with E-state index in [0.717, 1.165) is 47.6 Å². The number of hydrogen-bond donors (Lipinski definition) is 1. The minimum Gasteiger partial charge on any atom is -0.494 e. The maximum atomic E-state index is 12.4. The monoisotopic (exact) mass is 309 g/mol. The summed E-state index contributed by atoms with van der Waals surface area (Å²) in [5.41, 5.74) is 5.61.